The van der Waals surface area contributed by atoms with Crippen LogP contribution in [0.2, 0.25) is 0 Å². The number of nitrogens with one attached hydrogen (secondary N) is 1. The van der Waals surface area contributed by atoms with Crippen molar-refractivity contribution in [2.75, 3.05) is 32.7 Å². The quantitative estimate of drug-likeness (QED) is 0.815. The first kappa shape index (κ1) is 15.0. The summed E-state index contributed by atoms with van der Waals surface area (Å²) >= 11 is 0. The van der Waals surface area contributed by atoms with E-state index in [9.17, 15) is 0 Å². The van der Waals surface area contributed by atoms with Gasteiger partial charge in [0.1, 0.15) is 0 Å². The van der Waals surface area contributed by atoms with Gasteiger partial charge in [0.25, 0.3) is 0 Å². The molecule has 0 aromatic carbocycles. The molecule has 0 atom stereocenters. The molecule has 0 bridgehead atoms. The largest absolute Gasteiger partial charge is 0.317 e. The number of hydrogen-bond donors (Lipinski definition) is 1. The SMILES string of the molecule is CC.CCC1CCN(CC2CCNCC2)CC1. The highest BCUT2D eigenvalue weighted by atomic mass is 15.1. The fraction of sp³-hybridized carbons (Fsp3) is 1.00. The average Bonchev–Trinajstić information content (AvgIpc) is 2.43. The van der Waals surface area contributed by atoms with E-state index in [1.54, 1.807) is 0 Å². The third-order valence-electron chi connectivity index (χ3n) is 4.26. The molecule has 0 spiro atoms. The average molecular weight is 240 g/mol. The van der Waals surface area contributed by atoms with Gasteiger partial charge in [-0.2, -0.15) is 0 Å². The van der Waals surface area contributed by atoms with Crippen LogP contribution in [-0.4, -0.2) is 37.6 Å². The van der Waals surface area contributed by atoms with Gasteiger partial charge >= 0.3 is 0 Å². The lowest BCUT2D eigenvalue weighted by atomic mass is 9.92. The Morgan fingerprint density at radius 2 is 1.53 bits per heavy atom. The molecule has 0 unspecified atom stereocenters. The van der Waals surface area contributed by atoms with Crippen LogP contribution in [0.3, 0.4) is 0 Å². The second kappa shape index (κ2) is 8.93. The zero-order chi connectivity index (χ0) is 12.5. The second-order valence-corrected chi connectivity index (χ2v) is 5.35. The number of rotatable bonds is 3. The van der Waals surface area contributed by atoms with Crippen molar-refractivity contribution >= 4 is 0 Å². The Morgan fingerprint density at radius 1 is 0.941 bits per heavy atom. The van der Waals surface area contributed by atoms with E-state index in [2.05, 4.69) is 17.1 Å². The highest BCUT2D eigenvalue weighted by molar-refractivity contribution is 4.76. The fourth-order valence-electron chi connectivity index (χ4n) is 3.01. The summed E-state index contributed by atoms with van der Waals surface area (Å²) in [6, 6.07) is 0. The van der Waals surface area contributed by atoms with Crippen LogP contribution in [0.25, 0.3) is 0 Å². The van der Waals surface area contributed by atoms with Gasteiger partial charge in [0.2, 0.25) is 0 Å². The maximum Gasteiger partial charge on any atom is 0.00106 e. The summed E-state index contributed by atoms with van der Waals surface area (Å²) in [7, 11) is 0. The molecular weight excluding hydrogens is 208 g/mol. The molecule has 0 radical (unpaired) electrons. The fourth-order valence-corrected chi connectivity index (χ4v) is 3.01. The van der Waals surface area contributed by atoms with E-state index in [0.29, 0.717) is 0 Å². The van der Waals surface area contributed by atoms with Gasteiger partial charge in [-0.25, -0.2) is 0 Å². The van der Waals surface area contributed by atoms with E-state index in [1.807, 2.05) is 13.8 Å². The number of likely N-dealkylation sites (tertiary alicyclic amines) is 1. The number of nitrogens with zero attached hydrogens (tertiary/aromatic N) is 1. The predicted octanol–water partition coefficient (Wildman–Crippen LogP) is 3.13. The molecule has 2 fully saturated rings. The van der Waals surface area contributed by atoms with Gasteiger partial charge in [-0.15, -0.1) is 0 Å². The van der Waals surface area contributed by atoms with Crippen molar-refractivity contribution < 1.29 is 0 Å². The third kappa shape index (κ3) is 5.39. The lowest BCUT2D eigenvalue weighted by Gasteiger charge is -2.35. The Bertz CT molecular complexity index is 168. The topological polar surface area (TPSA) is 15.3 Å². The third-order valence-corrected chi connectivity index (χ3v) is 4.26. The summed E-state index contributed by atoms with van der Waals surface area (Å²) in [5.41, 5.74) is 0. The first-order valence-corrected chi connectivity index (χ1v) is 7.81. The van der Waals surface area contributed by atoms with Gasteiger partial charge in [0.05, 0.1) is 0 Å². The minimum absolute atomic E-state index is 0.976. The van der Waals surface area contributed by atoms with Crippen molar-refractivity contribution in [3.05, 3.63) is 0 Å². The number of piperidine rings is 2. The second-order valence-electron chi connectivity index (χ2n) is 5.35. The monoisotopic (exact) mass is 240 g/mol. The Labute approximate surface area is 108 Å². The summed E-state index contributed by atoms with van der Waals surface area (Å²) in [5, 5.41) is 3.45. The van der Waals surface area contributed by atoms with Crippen LogP contribution in [0, 0.1) is 11.8 Å². The normalized spacial score (nSPS) is 24.2. The van der Waals surface area contributed by atoms with Crippen LogP contribution in [-0.2, 0) is 0 Å². The Morgan fingerprint density at radius 3 is 2.06 bits per heavy atom. The van der Waals surface area contributed by atoms with Crippen molar-refractivity contribution in [2.24, 2.45) is 11.8 Å². The molecule has 2 rings (SSSR count). The first-order chi connectivity index (χ1) is 8.38. The number of hydrogen-bond acceptors (Lipinski definition) is 2. The van der Waals surface area contributed by atoms with Crippen molar-refractivity contribution in [2.45, 2.75) is 52.9 Å². The van der Waals surface area contributed by atoms with Crippen molar-refractivity contribution in [1.29, 1.82) is 0 Å². The molecule has 2 nitrogen and oxygen atoms in total. The van der Waals surface area contributed by atoms with Crippen LogP contribution in [0.5, 0.6) is 0 Å². The van der Waals surface area contributed by atoms with E-state index in [4.69, 9.17) is 0 Å². The molecule has 0 aromatic rings. The van der Waals surface area contributed by atoms with Gasteiger partial charge in [-0.05, 0) is 63.7 Å². The lowest BCUT2D eigenvalue weighted by Crippen LogP contribution is -2.40. The minimum Gasteiger partial charge on any atom is -0.317 e. The molecule has 0 aromatic heterocycles. The molecule has 0 saturated carbocycles. The molecule has 2 aliphatic heterocycles. The zero-order valence-corrected chi connectivity index (χ0v) is 12.2. The summed E-state index contributed by atoms with van der Waals surface area (Å²) in [6.07, 6.45) is 7.07. The highest BCUT2D eigenvalue weighted by Gasteiger charge is 2.21. The molecule has 2 saturated heterocycles. The van der Waals surface area contributed by atoms with E-state index in [-0.39, 0.29) is 0 Å². The van der Waals surface area contributed by atoms with Crippen LogP contribution in [0.15, 0.2) is 0 Å². The molecule has 1 N–H and O–H groups in total. The molecule has 0 amide bonds. The molecule has 0 aliphatic carbocycles. The van der Waals surface area contributed by atoms with Gasteiger partial charge in [0.15, 0.2) is 0 Å². The lowest BCUT2D eigenvalue weighted by molar-refractivity contribution is 0.147. The van der Waals surface area contributed by atoms with Crippen molar-refractivity contribution in [3.63, 3.8) is 0 Å². The van der Waals surface area contributed by atoms with Gasteiger partial charge in [0, 0.05) is 6.54 Å². The molecule has 102 valence electrons. The summed E-state index contributed by atoms with van der Waals surface area (Å²) in [5.74, 6) is 2.00. The van der Waals surface area contributed by atoms with Crippen LogP contribution >= 0.6 is 0 Å². The van der Waals surface area contributed by atoms with E-state index < -0.39 is 0 Å². The van der Waals surface area contributed by atoms with E-state index in [1.165, 1.54) is 64.8 Å². The molecule has 17 heavy (non-hydrogen) atoms. The summed E-state index contributed by atoms with van der Waals surface area (Å²) in [4.78, 5) is 2.71. The highest BCUT2D eigenvalue weighted by Crippen LogP contribution is 2.22. The van der Waals surface area contributed by atoms with Gasteiger partial charge in [-0.1, -0.05) is 27.2 Å². The first-order valence-electron chi connectivity index (χ1n) is 7.81. The van der Waals surface area contributed by atoms with Crippen LogP contribution in [0.4, 0.5) is 0 Å². The maximum atomic E-state index is 3.45. The van der Waals surface area contributed by atoms with Gasteiger partial charge in [-0.3, -0.25) is 0 Å². The summed E-state index contributed by atoms with van der Waals surface area (Å²) in [6.45, 7) is 12.9. The van der Waals surface area contributed by atoms with Crippen LogP contribution < -0.4 is 5.32 Å². The standard InChI is InChI=1S/C13H26N2.C2H6/c1-2-12-5-9-15(10-6-12)11-13-3-7-14-8-4-13;1-2/h12-14H,2-11H2,1H3;1-2H3. The van der Waals surface area contributed by atoms with Crippen molar-refractivity contribution in [3.8, 4) is 0 Å². The Kier molecular flexibility index (Phi) is 7.87. The van der Waals surface area contributed by atoms with E-state index in [0.717, 1.165) is 11.8 Å². The van der Waals surface area contributed by atoms with E-state index >= 15 is 0 Å². The Hall–Kier alpha value is -0.0800. The molecule has 2 heteroatoms. The molecule has 2 heterocycles. The van der Waals surface area contributed by atoms with Gasteiger partial charge < -0.3 is 10.2 Å². The zero-order valence-electron chi connectivity index (χ0n) is 12.2. The van der Waals surface area contributed by atoms with Crippen molar-refractivity contribution in [1.82, 2.24) is 10.2 Å². The molecular formula is C15H32N2. The maximum absolute atomic E-state index is 3.45. The van der Waals surface area contributed by atoms with Crippen LogP contribution in [0.1, 0.15) is 52.9 Å². The Balaban J connectivity index is 0.000000686. The minimum atomic E-state index is 0.976. The molecule has 2 aliphatic rings. The smallest absolute Gasteiger partial charge is 0.00106 e. The summed E-state index contributed by atoms with van der Waals surface area (Å²) < 4.78 is 0. The predicted molar refractivity (Wildman–Crippen MR) is 76.4 cm³/mol.